The van der Waals surface area contributed by atoms with Crippen LogP contribution in [0.1, 0.15) is 110 Å². The van der Waals surface area contributed by atoms with Crippen molar-refractivity contribution < 1.29 is 5.21 Å². The average Bonchev–Trinajstić information content (AvgIpc) is 3.01. The number of hydroxylamine groups is 2. The van der Waals surface area contributed by atoms with E-state index in [-0.39, 0.29) is 0 Å². The second-order valence-electron chi connectivity index (χ2n) is 7.53. The molecule has 0 fully saturated rings. The zero-order valence-corrected chi connectivity index (χ0v) is 16.4. The van der Waals surface area contributed by atoms with Crippen LogP contribution >= 0.6 is 0 Å². The van der Waals surface area contributed by atoms with E-state index in [2.05, 4.69) is 18.8 Å². The molecule has 0 bridgehead atoms. The fourth-order valence-corrected chi connectivity index (χ4v) is 3.78. The summed E-state index contributed by atoms with van der Waals surface area (Å²) in [6.45, 7) is 5.97. The third kappa shape index (κ3) is 9.66. The maximum Gasteiger partial charge on any atom is 0.126 e. The summed E-state index contributed by atoms with van der Waals surface area (Å²) < 4.78 is 0. The van der Waals surface area contributed by atoms with E-state index in [4.69, 9.17) is 0 Å². The number of unbranched alkanes of at least 4 members (excludes halogenated alkanes) is 11. The molecule has 1 N–H and O–H groups in total. The van der Waals surface area contributed by atoms with Gasteiger partial charge in [-0.3, -0.25) is 10.2 Å². The number of rotatable bonds is 16. The lowest BCUT2D eigenvalue weighted by atomic mass is 9.94. The Morgan fingerprint density at radius 2 is 1.33 bits per heavy atom. The summed E-state index contributed by atoms with van der Waals surface area (Å²) in [4.78, 5) is 4.50. The second-order valence-corrected chi connectivity index (χ2v) is 7.53. The van der Waals surface area contributed by atoms with Crippen LogP contribution in [0.4, 0.5) is 0 Å². The first-order chi connectivity index (χ1) is 11.8. The van der Waals surface area contributed by atoms with Crippen molar-refractivity contribution in [3.63, 3.8) is 0 Å². The average molecular weight is 339 g/mol. The summed E-state index contributed by atoms with van der Waals surface area (Å²) in [5.41, 5.74) is 0. The van der Waals surface area contributed by atoms with Gasteiger partial charge in [-0.2, -0.15) is 0 Å². The maximum absolute atomic E-state index is 9.88. The van der Waals surface area contributed by atoms with Gasteiger partial charge in [0.05, 0.1) is 13.1 Å². The SMILES string of the molecule is CCCCCCCCCCCCCCC(CCC)C1=NCCN1O. The molecule has 3 heteroatoms. The van der Waals surface area contributed by atoms with Gasteiger partial charge in [-0.25, -0.2) is 5.06 Å². The minimum Gasteiger partial charge on any atom is -0.287 e. The third-order valence-electron chi connectivity index (χ3n) is 5.26. The summed E-state index contributed by atoms with van der Waals surface area (Å²) in [7, 11) is 0. The van der Waals surface area contributed by atoms with Gasteiger partial charge in [0.15, 0.2) is 0 Å². The van der Waals surface area contributed by atoms with Crippen molar-refractivity contribution in [1.29, 1.82) is 0 Å². The first-order valence-corrected chi connectivity index (χ1v) is 10.8. The monoisotopic (exact) mass is 338 g/mol. The molecule has 142 valence electrons. The Hall–Kier alpha value is -0.570. The lowest BCUT2D eigenvalue weighted by molar-refractivity contribution is -0.00859. The highest BCUT2D eigenvalue weighted by Crippen LogP contribution is 2.22. The molecule has 1 unspecified atom stereocenters. The zero-order valence-electron chi connectivity index (χ0n) is 16.4. The normalized spacial score (nSPS) is 15.8. The van der Waals surface area contributed by atoms with Gasteiger partial charge in [0.25, 0.3) is 0 Å². The standard InChI is InChI=1S/C21H42N2O/c1-3-5-6-7-8-9-10-11-12-13-14-15-17-20(16-4-2)21-22-18-19-23(21)24/h20,24H,3-19H2,1-2H3. The number of nitrogens with zero attached hydrogens (tertiary/aromatic N) is 2. The van der Waals surface area contributed by atoms with E-state index < -0.39 is 0 Å². The van der Waals surface area contributed by atoms with Crippen LogP contribution < -0.4 is 0 Å². The van der Waals surface area contributed by atoms with Crippen molar-refractivity contribution in [3.8, 4) is 0 Å². The van der Waals surface area contributed by atoms with E-state index in [0.717, 1.165) is 18.8 Å². The Balaban J connectivity index is 1.95. The molecule has 0 saturated heterocycles. The van der Waals surface area contributed by atoms with E-state index in [1.165, 1.54) is 95.0 Å². The van der Waals surface area contributed by atoms with Crippen LogP contribution in [0.25, 0.3) is 0 Å². The highest BCUT2D eigenvalue weighted by atomic mass is 16.5. The Bertz CT molecular complexity index is 317. The quantitative estimate of drug-likeness (QED) is 0.322. The first-order valence-electron chi connectivity index (χ1n) is 10.8. The molecule has 1 aliphatic rings. The molecular formula is C21H42N2O. The fraction of sp³-hybridized carbons (Fsp3) is 0.952. The molecule has 1 aliphatic heterocycles. The molecular weight excluding hydrogens is 296 g/mol. The largest absolute Gasteiger partial charge is 0.287 e. The predicted octanol–water partition coefficient (Wildman–Crippen LogP) is 6.60. The fourth-order valence-electron chi connectivity index (χ4n) is 3.78. The van der Waals surface area contributed by atoms with Crippen molar-refractivity contribution in [1.82, 2.24) is 5.06 Å². The minimum atomic E-state index is 0.477. The Labute approximate surface area is 150 Å². The number of hydrogen-bond donors (Lipinski definition) is 1. The van der Waals surface area contributed by atoms with Crippen LogP contribution in [-0.2, 0) is 0 Å². The number of hydrogen-bond acceptors (Lipinski definition) is 3. The molecule has 24 heavy (non-hydrogen) atoms. The van der Waals surface area contributed by atoms with Crippen molar-refractivity contribution >= 4 is 5.84 Å². The first kappa shape index (κ1) is 21.5. The van der Waals surface area contributed by atoms with Crippen LogP contribution in [0.2, 0.25) is 0 Å². The van der Waals surface area contributed by atoms with Crippen molar-refractivity contribution in [3.05, 3.63) is 0 Å². The lowest BCUT2D eigenvalue weighted by Crippen LogP contribution is -2.30. The summed E-state index contributed by atoms with van der Waals surface area (Å²) in [6, 6.07) is 0. The van der Waals surface area contributed by atoms with Gasteiger partial charge in [0, 0.05) is 5.92 Å². The molecule has 0 aromatic carbocycles. The molecule has 1 rings (SSSR count). The summed E-state index contributed by atoms with van der Waals surface area (Å²) in [6.07, 6.45) is 20.3. The highest BCUT2D eigenvalue weighted by molar-refractivity contribution is 5.84. The molecule has 0 aromatic heterocycles. The molecule has 0 radical (unpaired) electrons. The lowest BCUT2D eigenvalue weighted by Gasteiger charge is -2.21. The Kier molecular flexibility index (Phi) is 13.2. The van der Waals surface area contributed by atoms with Crippen molar-refractivity contribution in [2.24, 2.45) is 10.9 Å². The molecule has 3 nitrogen and oxygen atoms in total. The van der Waals surface area contributed by atoms with Gasteiger partial charge in [0.1, 0.15) is 5.84 Å². The number of amidine groups is 1. The smallest absolute Gasteiger partial charge is 0.126 e. The molecule has 0 amide bonds. The predicted molar refractivity (Wildman–Crippen MR) is 105 cm³/mol. The molecule has 0 spiro atoms. The molecule has 1 atom stereocenters. The summed E-state index contributed by atoms with van der Waals surface area (Å²) >= 11 is 0. The van der Waals surface area contributed by atoms with E-state index in [0.29, 0.717) is 12.5 Å². The van der Waals surface area contributed by atoms with Crippen LogP contribution in [0, 0.1) is 5.92 Å². The van der Waals surface area contributed by atoms with Crippen LogP contribution in [0.5, 0.6) is 0 Å². The summed E-state index contributed by atoms with van der Waals surface area (Å²) in [5, 5.41) is 11.3. The summed E-state index contributed by atoms with van der Waals surface area (Å²) in [5.74, 6) is 1.44. The van der Waals surface area contributed by atoms with E-state index >= 15 is 0 Å². The Morgan fingerprint density at radius 3 is 1.79 bits per heavy atom. The Morgan fingerprint density at radius 1 is 0.792 bits per heavy atom. The molecule has 1 heterocycles. The van der Waals surface area contributed by atoms with E-state index in [9.17, 15) is 5.21 Å². The minimum absolute atomic E-state index is 0.477. The van der Waals surface area contributed by atoms with Gasteiger partial charge < -0.3 is 0 Å². The van der Waals surface area contributed by atoms with E-state index in [1.807, 2.05) is 0 Å². The van der Waals surface area contributed by atoms with Crippen molar-refractivity contribution in [2.45, 2.75) is 110 Å². The zero-order chi connectivity index (χ0) is 17.5. The van der Waals surface area contributed by atoms with Crippen LogP contribution in [0.3, 0.4) is 0 Å². The second kappa shape index (κ2) is 14.7. The van der Waals surface area contributed by atoms with Crippen LogP contribution in [-0.4, -0.2) is 29.2 Å². The maximum atomic E-state index is 9.88. The van der Waals surface area contributed by atoms with Gasteiger partial charge in [-0.15, -0.1) is 0 Å². The van der Waals surface area contributed by atoms with Gasteiger partial charge in [0.2, 0.25) is 0 Å². The molecule has 0 aromatic rings. The topological polar surface area (TPSA) is 35.8 Å². The van der Waals surface area contributed by atoms with Gasteiger partial charge >= 0.3 is 0 Å². The van der Waals surface area contributed by atoms with Crippen LogP contribution in [0.15, 0.2) is 4.99 Å². The van der Waals surface area contributed by atoms with Crippen molar-refractivity contribution in [2.75, 3.05) is 13.1 Å². The van der Waals surface area contributed by atoms with Gasteiger partial charge in [-0.1, -0.05) is 97.3 Å². The molecule has 0 saturated carbocycles. The molecule has 0 aliphatic carbocycles. The highest BCUT2D eigenvalue weighted by Gasteiger charge is 2.23. The van der Waals surface area contributed by atoms with E-state index in [1.54, 1.807) is 0 Å². The number of aliphatic imine (C=N–C) groups is 1. The third-order valence-corrected chi connectivity index (χ3v) is 5.26. The van der Waals surface area contributed by atoms with Gasteiger partial charge in [-0.05, 0) is 12.8 Å².